The van der Waals surface area contributed by atoms with Gasteiger partial charge in [-0.3, -0.25) is 0 Å². The third kappa shape index (κ3) is 2.90. The molecule has 158 valence electrons. The molecule has 0 aliphatic heterocycles. The molecule has 0 amide bonds. The molecule has 8 heteroatoms. The molecule has 0 saturated carbocycles. The molecule has 32 heavy (non-hydrogen) atoms. The van der Waals surface area contributed by atoms with E-state index < -0.39 is 0 Å². The Hall–Kier alpha value is -0.320. The van der Waals surface area contributed by atoms with Crippen LogP contribution in [0.4, 0.5) is 0 Å². The van der Waals surface area contributed by atoms with Crippen molar-refractivity contribution in [2.45, 2.75) is 39.2 Å². The second kappa shape index (κ2) is 7.59. The van der Waals surface area contributed by atoms with Crippen LogP contribution in [-0.4, -0.2) is 0 Å². The van der Waals surface area contributed by atoms with Crippen molar-refractivity contribution in [3.63, 3.8) is 0 Å². The molecule has 6 aromatic carbocycles. The molecule has 0 heterocycles. The van der Waals surface area contributed by atoms with Crippen LogP contribution in [0.3, 0.4) is 0 Å². The van der Waals surface area contributed by atoms with Crippen LogP contribution in [0.15, 0.2) is 75.6 Å². The van der Waals surface area contributed by atoms with E-state index in [-0.39, 0.29) is 0 Å². The van der Waals surface area contributed by atoms with E-state index in [0.29, 0.717) is 0 Å². The molecule has 0 atom stereocenters. The fourth-order valence-corrected chi connectivity index (χ4v) is 6.65. The van der Waals surface area contributed by atoms with Gasteiger partial charge < -0.3 is 0 Å². The first kappa shape index (κ1) is 22.2. The fraction of sp³-hybridized carbons (Fsp3) is 0. The molecule has 0 unspecified atom stereocenters. The molecular formula is C24H14S8. The third-order valence-electron chi connectivity index (χ3n) is 6.16. The summed E-state index contributed by atoms with van der Waals surface area (Å²) in [7, 11) is 0. The molecule has 0 radical (unpaired) electrons. The second-order valence-corrected chi connectivity index (χ2v) is 11.6. The summed E-state index contributed by atoms with van der Waals surface area (Å²) < 4.78 is 0. The maximum absolute atomic E-state index is 4.90. The van der Waals surface area contributed by atoms with Gasteiger partial charge in [-0.1, -0.05) is 0 Å². The van der Waals surface area contributed by atoms with Gasteiger partial charge >= 0.3 is 0 Å². The lowest BCUT2D eigenvalue weighted by Gasteiger charge is -2.22. The van der Waals surface area contributed by atoms with Crippen molar-refractivity contribution in [3.8, 4) is 0 Å². The standard InChI is InChI=1S/C24H14S8/c25-13-1-7-9-5-17(29)24(32)22-12-4-16(28)14(26)2-8(12)10-6-18(30)23(31)21(20(10)19(9)22)11(7)3-15(13)27/h1-6,25-32H. The Labute approximate surface area is 228 Å². The van der Waals surface area contributed by atoms with E-state index in [1.165, 1.54) is 0 Å². The average Bonchev–Trinajstić information content (AvgIpc) is 2.74. The van der Waals surface area contributed by atoms with Crippen LogP contribution in [0.25, 0.3) is 53.9 Å². The first-order chi connectivity index (χ1) is 15.2. The number of rotatable bonds is 0. The molecule has 0 aliphatic rings. The molecule has 6 aromatic rings. The Bertz CT molecular complexity index is 1670. The Kier molecular flexibility index (Phi) is 5.26. The molecule has 0 aromatic heterocycles. The smallest absolute Gasteiger partial charge is 0.0259 e. The molecule has 6 rings (SSSR count). The van der Waals surface area contributed by atoms with Gasteiger partial charge in [0.05, 0.1) is 0 Å². The summed E-state index contributed by atoms with van der Waals surface area (Å²) in [5.74, 6) is 0. The highest BCUT2D eigenvalue weighted by atomic mass is 32.1. The molecule has 0 fully saturated rings. The third-order valence-corrected chi connectivity index (χ3v) is 9.98. The molecule has 0 aliphatic carbocycles. The lowest BCUT2D eigenvalue weighted by molar-refractivity contribution is 1.29. The Balaban J connectivity index is 2.14. The summed E-state index contributed by atoms with van der Waals surface area (Å²) in [5, 5.41) is 10.8. The van der Waals surface area contributed by atoms with Crippen LogP contribution in [0.5, 0.6) is 0 Å². The van der Waals surface area contributed by atoms with E-state index in [9.17, 15) is 0 Å². The lowest BCUT2D eigenvalue weighted by atomic mass is 9.86. The van der Waals surface area contributed by atoms with Crippen molar-refractivity contribution in [1.29, 1.82) is 0 Å². The highest BCUT2D eigenvalue weighted by Crippen LogP contribution is 2.51. The normalized spacial score (nSPS) is 12.4. The number of benzene rings is 6. The minimum absolute atomic E-state index is 0.812. The monoisotopic (exact) mass is 558 g/mol. The number of hydrogen-bond acceptors (Lipinski definition) is 8. The summed E-state index contributed by atoms with van der Waals surface area (Å²) in [6.07, 6.45) is 0. The SMILES string of the molecule is Sc1cc2c(cc1S)c1c(S)c(S)cc3c4cc(S)c(S)cc4c4c(S)c(S)cc2c4c31. The van der Waals surface area contributed by atoms with Crippen molar-refractivity contribution >= 4 is 155 Å². The molecule has 0 N–H and O–H groups in total. The first-order valence-corrected chi connectivity index (χ1v) is 13.1. The molecule has 0 spiro atoms. The van der Waals surface area contributed by atoms with Gasteiger partial charge in [-0.2, -0.15) is 0 Å². The van der Waals surface area contributed by atoms with E-state index in [0.717, 1.165) is 93.0 Å². The molecule has 0 bridgehead atoms. The maximum atomic E-state index is 4.90. The van der Waals surface area contributed by atoms with Crippen LogP contribution in [0, 0.1) is 0 Å². The van der Waals surface area contributed by atoms with Crippen LogP contribution in [0.1, 0.15) is 0 Å². The van der Waals surface area contributed by atoms with Gasteiger partial charge in [0.2, 0.25) is 0 Å². The van der Waals surface area contributed by atoms with Crippen LogP contribution >= 0.6 is 101 Å². The molecule has 0 saturated heterocycles. The summed E-state index contributed by atoms with van der Waals surface area (Å²) in [6.45, 7) is 0. The van der Waals surface area contributed by atoms with E-state index in [2.05, 4.69) is 86.9 Å². The maximum Gasteiger partial charge on any atom is 0.0259 e. The predicted molar refractivity (Wildman–Crippen MR) is 163 cm³/mol. The van der Waals surface area contributed by atoms with Crippen LogP contribution in [0.2, 0.25) is 0 Å². The molecule has 0 nitrogen and oxygen atoms in total. The Morgan fingerprint density at radius 1 is 0.281 bits per heavy atom. The minimum Gasteiger partial charge on any atom is -0.142 e. The Morgan fingerprint density at radius 2 is 0.531 bits per heavy atom. The van der Waals surface area contributed by atoms with Crippen molar-refractivity contribution in [2.75, 3.05) is 0 Å². The highest BCUT2D eigenvalue weighted by molar-refractivity contribution is 7.84. The predicted octanol–water partition coefficient (Wildman–Crippen LogP) is 9.20. The van der Waals surface area contributed by atoms with Gasteiger partial charge in [0.15, 0.2) is 0 Å². The topological polar surface area (TPSA) is 0 Å². The number of thiol groups is 8. The number of hydrogen-bond donors (Lipinski definition) is 8. The van der Waals surface area contributed by atoms with Gasteiger partial charge in [-0.05, 0) is 79.5 Å². The first-order valence-electron chi connectivity index (χ1n) is 9.50. The highest BCUT2D eigenvalue weighted by Gasteiger charge is 2.23. The minimum atomic E-state index is 0.812. The van der Waals surface area contributed by atoms with Gasteiger partial charge in [-0.15, -0.1) is 101 Å². The summed E-state index contributed by atoms with van der Waals surface area (Å²) >= 11 is 38.0. The average molecular weight is 559 g/mol. The van der Waals surface area contributed by atoms with Gasteiger partial charge in [0, 0.05) is 49.9 Å². The van der Waals surface area contributed by atoms with Crippen molar-refractivity contribution < 1.29 is 0 Å². The van der Waals surface area contributed by atoms with E-state index >= 15 is 0 Å². The largest absolute Gasteiger partial charge is 0.142 e. The van der Waals surface area contributed by atoms with Crippen LogP contribution < -0.4 is 0 Å². The summed E-state index contributed by atoms with van der Waals surface area (Å²) in [5.41, 5.74) is 0. The molecular weight excluding hydrogens is 545 g/mol. The van der Waals surface area contributed by atoms with Crippen molar-refractivity contribution in [1.82, 2.24) is 0 Å². The zero-order valence-electron chi connectivity index (χ0n) is 16.0. The lowest BCUT2D eigenvalue weighted by Crippen LogP contribution is -1.94. The zero-order chi connectivity index (χ0) is 22.6. The van der Waals surface area contributed by atoms with Gasteiger partial charge in [-0.25, -0.2) is 0 Å². The second-order valence-electron chi connectivity index (χ2n) is 7.86. The summed E-state index contributed by atoms with van der Waals surface area (Å²) in [6, 6.07) is 12.4. The van der Waals surface area contributed by atoms with E-state index in [4.69, 9.17) is 50.5 Å². The van der Waals surface area contributed by atoms with Gasteiger partial charge in [0.1, 0.15) is 0 Å². The number of fused-ring (bicyclic) bond motifs is 6. The van der Waals surface area contributed by atoms with Gasteiger partial charge in [0.25, 0.3) is 0 Å². The van der Waals surface area contributed by atoms with Crippen molar-refractivity contribution in [2.24, 2.45) is 0 Å². The van der Waals surface area contributed by atoms with Crippen molar-refractivity contribution in [3.05, 3.63) is 36.4 Å². The van der Waals surface area contributed by atoms with E-state index in [1.54, 1.807) is 0 Å². The Morgan fingerprint density at radius 3 is 0.875 bits per heavy atom. The van der Waals surface area contributed by atoms with E-state index in [1.807, 2.05) is 0 Å². The fourth-order valence-electron chi connectivity index (χ4n) is 4.80. The quantitative estimate of drug-likeness (QED) is 0.0509. The summed E-state index contributed by atoms with van der Waals surface area (Å²) in [4.78, 5) is 6.55. The van der Waals surface area contributed by atoms with Crippen LogP contribution in [-0.2, 0) is 0 Å². The zero-order valence-corrected chi connectivity index (χ0v) is 23.2.